The highest BCUT2D eigenvalue weighted by atomic mass is 19.3. The fourth-order valence-electron chi connectivity index (χ4n) is 1.88. The van der Waals surface area contributed by atoms with E-state index in [4.69, 9.17) is 0 Å². The van der Waals surface area contributed by atoms with E-state index >= 15 is 0 Å². The summed E-state index contributed by atoms with van der Waals surface area (Å²) in [5.41, 5.74) is 0. The van der Waals surface area contributed by atoms with Crippen molar-refractivity contribution in [2.45, 2.75) is 18.8 Å². The van der Waals surface area contributed by atoms with Gasteiger partial charge < -0.3 is 4.79 Å². The summed E-state index contributed by atoms with van der Waals surface area (Å²) in [6, 6.07) is 0. The average molecular weight is 146 g/mol. The van der Waals surface area contributed by atoms with E-state index in [1.54, 1.807) is 0 Å². The minimum absolute atomic E-state index is 0.158. The molecule has 0 bridgehead atoms. The second-order valence-electron chi connectivity index (χ2n) is 3.26. The van der Waals surface area contributed by atoms with Crippen molar-refractivity contribution in [1.29, 1.82) is 0 Å². The SMILES string of the molecule is O=CC1CC2CC2C1(F)F. The standard InChI is InChI=1S/C7H8F2O/c8-7(9)5(3-10)1-4-2-6(4)7/h3-6H,1-2H2. The van der Waals surface area contributed by atoms with Gasteiger partial charge in [0.15, 0.2) is 0 Å². The third-order valence-corrected chi connectivity index (χ3v) is 2.63. The average Bonchev–Trinajstić information content (AvgIpc) is 2.57. The van der Waals surface area contributed by atoms with Gasteiger partial charge in [-0.3, -0.25) is 0 Å². The van der Waals surface area contributed by atoms with Crippen molar-refractivity contribution in [2.24, 2.45) is 17.8 Å². The second kappa shape index (κ2) is 1.57. The number of hydrogen-bond donors (Lipinski definition) is 0. The maximum Gasteiger partial charge on any atom is 0.260 e. The van der Waals surface area contributed by atoms with Crippen molar-refractivity contribution >= 4 is 6.29 Å². The number of aldehydes is 1. The highest BCUT2D eigenvalue weighted by molar-refractivity contribution is 5.57. The zero-order valence-corrected chi connectivity index (χ0v) is 5.39. The molecule has 0 aromatic rings. The minimum atomic E-state index is -2.67. The van der Waals surface area contributed by atoms with Crippen molar-refractivity contribution in [2.75, 3.05) is 0 Å². The lowest BCUT2D eigenvalue weighted by molar-refractivity contribution is -0.124. The molecule has 56 valence electrons. The Kier molecular flexibility index (Phi) is 0.984. The number of rotatable bonds is 1. The summed E-state index contributed by atoms with van der Waals surface area (Å²) in [7, 11) is 0. The van der Waals surface area contributed by atoms with Crippen molar-refractivity contribution in [3.8, 4) is 0 Å². The topological polar surface area (TPSA) is 17.1 Å². The smallest absolute Gasteiger partial charge is 0.260 e. The Morgan fingerprint density at radius 2 is 2.10 bits per heavy atom. The van der Waals surface area contributed by atoms with Crippen LogP contribution in [0.25, 0.3) is 0 Å². The first-order chi connectivity index (χ1) is 4.66. The van der Waals surface area contributed by atoms with E-state index in [9.17, 15) is 13.6 Å². The molecule has 0 saturated heterocycles. The Morgan fingerprint density at radius 1 is 1.40 bits per heavy atom. The van der Waals surface area contributed by atoms with E-state index in [2.05, 4.69) is 0 Å². The molecule has 0 spiro atoms. The molecule has 3 atom stereocenters. The third kappa shape index (κ3) is 0.580. The Labute approximate surface area is 57.4 Å². The van der Waals surface area contributed by atoms with Gasteiger partial charge in [-0.15, -0.1) is 0 Å². The molecule has 0 aromatic carbocycles. The largest absolute Gasteiger partial charge is 0.303 e. The Bertz CT molecular complexity index is 178. The van der Waals surface area contributed by atoms with Gasteiger partial charge in [0.25, 0.3) is 5.92 Å². The molecule has 2 fully saturated rings. The molecule has 0 heterocycles. The van der Waals surface area contributed by atoms with E-state index in [-0.39, 0.29) is 5.92 Å². The predicted molar refractivity (Wildman–Crippen MR) is 30.7 cm³/mol. The Hall–Kier alpha value is -0.470. The molecule has 3 unspecified atom stereocenters. The van der Waals surface area contributed by atoms with Crippen molar-refractivity contribution in [3.05, 3.63) is 0 Å². The van der Waals surface area contributed by atoms with Gasteiger partial charge in [-0.1, -0.05) is 0 Å². The molecule has 2 aliphatic carbocycles. The fraction of sp³-hybridized carbons (Fsp3) is 0.857. The maximum atomic E-state index is 12.8. The van der Waals surface area contributed by atoms with Crippen LogP contribution in [0.1, 0.15) is 12.8 Å². The molecule has 10 heavy (non-hydrogen) atoms. The lowest BCUT2D eigenvalue weighted by Crippen LogP contribution is -2.27. The van der Waals surface area contributed by atoms with Gasteiger partial charge in [-0.05, 0) is 18.8 Å². The van der Waals surface area contributed by atoms with Crippen LogP contribution in [-0.2, 0) is 4.79 Å². The molecule has 0 aromatic heterocycles. The molecule has 2 saturated carbocycles. The van der Waals surface area contributed by atoms with E-state index in [0.717, 1.165) is 0 Å². The molecule has 2 rings (SSSR count). The van der Waals surface area contributed by atoms with Crippen LogP contribution in [0.15, 0.2) is 0 Å². The number of alkyl halides is 2. The molecule has 0 radical (unpaired) electrons. The van der Waals surface area contributed by atoms with Gasteiger partial charge in [0.05, 0.1) is 5.92 Å². The van der Waals surface area contributed by atoms with Gasteiger partial charge in [0.1, 0.15) is 6.29 Å². The summed E-state index contributed by atoms with van der Waals surface area (Å²) in [4.78, 5) is 10.1. The summed E-state index contributed by atoms with van der Waals surface area (Å²) in [5.74, 6) is -3.95. The highest BCUT2D eigenvalue weighted by Crippen LogP contribution is 2.62. The van der Waals surface area contributed by atoms with Crippen LogP contribution in [0.2, 0.25) is 0 Å². The lowest BCUT2D eigenvalue weighted by Gasteiger charge is -2.15. The number of carbonyl (C=O) groups is 1. The molecule has 1 nitrogen and oxygen atoms in total. The quantitative estimate of drug-likeness (QED) is 0.512. The zero-order chi connectivity index (χ0) is 7.35. The van der Waals surface area contributed by atoms with Gasteiger partial charge >= 0.3 is 0 Å². The van der Waals surface area contributed by atoms with Crippen LogP contribution in [0.5, 0.6) is 0 Å². The molecule has 0 amide bonds. The molecular weight excluding hydrogens is 138 g/mol. The van der Waals surface area contributed by atoms with E-state index in [1.165, 1.54) is 0 Å². The number of fused-ring (bicyclic) bond motifs is 1. The summed E-state index contributed by atoms with van der Waals surface area (Å²) in [6.45, 7) is 0. The van der Waals surface area contributed by atoms with Crippen LogP contribution in [0.4, 0.5) is 8.78 Å². The van der Waals surface area contributed by atoms with Crippen LogP contribution in [-0.4, -0.2) is 12.2 Å². The van der Waals surface area contributed by atoms with Gasteiger partial charge in [-0.2, -0.15) is 0 Å². The first-order valence-electron chi connectivity index (χ1n) is 3.49. The summed E-state index contributed by atoms with van der Waals surface area (Å²) in [5, 5.41) is 0. The molecule has 0 N–H and O–H groups in total. The van der Waals surface area contributed by atoms with E-state index in [0.29, 0.717) is 19.1 Å². The molecule has 0 aliphatic heterocycles. The number of halogens is 2. The Morgan fingerprint density at radius 3 is 2.40 bits per heavy atom. The van der Waals surface area contributed by atoms with Crippen molar-refractivity contribution in [3.63, 3.8) is 0 Å². The first-order valence-corrected chi connectivity index (χ1v) is 3.49. The van der Waals surface area contributed by atoms with E-state index in [1.807, 2.05) is 0 Å². The van der Waals surface area contributed by atoms with Crippen LogP contribution in [0.3, 0.4) is 0 Å². The van der Waals surface area contributed by atoms with Crippen molar-refractivity contribution in [1.82, 2.24) is 0 Å². The van der Waals surface area contributed by atoms with Crippen molar-refractivity contribution < 1.29 is 13.6 Å². The lowest BCUT2D eigenvalue weighted by atomic mass is 10.0. The minimum Gasteiger partial charge on any atom is -0.303 e. The zero-order valence-electron chi connectivity index (χ0n) is 5.39. The third-order valence-electron chi connectivity index (χ3n) is 2.63. The van der Waals surface area contributed by atoms with Gasteiger partial charge in [0, 0.05) is 5.92 Å². The molecule has 3 heteroatoms. The first kappa shape index (κ1) is 6.25. The van der Waals surface area contributed by atoms with Crippen LogP contribution >= 0.6 is 0 Å². The highest BCUT2D eigenvalue weighted by Gasteiger charge is 2.65. The second-order valence-corrected chi connectivity index (χ2v) is 3.26. The monoisotopic (exact) mass is 146 g/mol. The predicted octanol–water partition coefficient (Wildman–Crippen LogP) is 1.48. The summed E-state index contributed by atoms with van der Waals surface area (Å²) < 4.78 is 25.6. The maximum absolute atomic E-state index is 12.8. The van der Waals surface area contributed by atoms with Gasteiger partial charge in [-0.25, -0.2) is 8.78 Å². The number of carbonyl (C=O) groups excluding carboxylic acids is 1. The summed E-state index contributed by atoms with van der Waals surface area (Å²) in [6.07, 6.45) is 1.46. The molecule has 2 aliphatic rings. The van der Waals surface area contributed by atoms with E-state index < -0.39 is 17.8 Å². The number of hydrogen-bond acceptors (Lipinski definition) is 1. The summed E-state index contributed by atoms with van der Waals surface area (Å²) >= 11 is 0. The van der Waals surface area contributed by atoms with Gasteiger partial charge in [0.2, 0.25) is 0 Å². The fourth-order valence-corrected chi connectivity index (χ4v) is 1.88. The Balaban J connectivity index is 2.20. The normalized spacial score (nSPS) is 48.4. The van der Waals surface area contributed by atoms with Crippen LogP contribution < -0.4 is 0 Å². The molecular formula is C7H8F2O. The van der Waals surface area contributed by atoms with Crippen LogP contribution in [0, 0.1) is 17.8 Å².